The van der Waals surface area contributed by atoms with Crippen LogP contribution in [0.5, 0.6) is 0 Å². The predicted octanol–water partition coefficient (Wildman–Crippen LogP) is 2.55. The minimum atomic E-state index is -0.583. The Morgan fingerprint density at radius 1 is 1.47 bits per heavy atom. The summed E-state index contributed by atoms with van der Waals surface area (Å²) in [5.41, 5.74) is 0.0815. The van der Waals surface area contributed by atoms with Crippen molar-refractivity contribution < 1.29 is 14.3 Å². The number of ketones is 1. The van der Waals surface area contributed by atoms with Gasteiger partial charge in [-0.2, -0.15) is 0 Å². The molecule has 1 unspecified atom stereocenters. The molecule has 3 nitrogen and oxygen atoms in total. The summed E-state index contributed by atoms with van der Waals surface area (Å²) in [6.07, 6.45) is 4.13. The molecule has 17 heavy (non-hydrogen) atoms. The molecule has 0 aromatic heterocycles. The van der Waals surface area contributed by atoms with Crippen molar-refractivity contribution in [2.75, 3.05) is 7.11 Å². The monoisotopic (exact) mass is 258 g/mol. The van der Waals surface area contributed by atoms with Gasteiger partial charge in [-0.05, 0) is 37.0 Å². The average molecular weight is 259 g/mol. The number of carbonyl (C=O) groups is 2. The van der Waals surface area contributed by atoms with Crippen molar-refractivity contribution in [3.05, 3.63) is 0 Å². The van der Waals surface area contributed by atoms with Gasteiger partial charge in [-0.15, -0.1) is 11.6 Å². The van der Waals surface area contributed by atoms with E-state index in [0.29, 0.717) is 6.42 Å². The van der Waals surface area contributed by atoms with Gasteiger partial charge in [0.1, 0.15) is 11.7 Å². The molecule has 0 saturated heterocycles. The fraction of sp³-hybridized carbons (Fsp3) is 0.846. The first-order valence-electron chi connectivity index (χ1n) is 6.22. The summed E-state index contributed by atoms with van der Waals surface area (Å²) in [7, 11) is 1.35. The van der Waals surface area contributed by atoms with Crippen molar-refractivity contribution >= 4 is 23.4 Å². The molecule has 0 heterocycles. The van der Waals surface area contributed by atoms with Crippen LogP contribution in [0, 0.1) is 17.3 Å². The Bertz CT molecular complexity index is 334. The van der Waals surface area contributed by atoms with Crippen LogP contribution < -0.4 is 0 Å². The number of Topliss-reactive ketones (excluding diaryl/α,β-unsaturated/α-hetero) is 1. The first kappa shape index (κ1) is 12.9. The first-order valence-corrected chi connectivity index (χ1v) is 6.66. The van der Waals surface area contributed by atoms with E-state index in [9.17, 15) is 9.59 Å². The Morgan fingerprint density at radius 2 is 2.18 bits per heavy atom. The lowest BCUT2D eigenvalue weighted by Gasteiger charge is -2.48. The highest BCUT2D eigenvalue weighted by Gasteiger charge is 2.51. The summed E-state index contributed by atoms with van der Waals surface area (Å²) >= 11 is 6.20. The molecule has 0 aromatic rings. The molecule has 0 radical (unpaired) electrons. The first-order chi connectivity index (χ1) is 7.98. The van der Waals surface area contributed by atoms with Crippen LogP contribution in [0.25, 0.3) is 0 Å². The van der Waals surface area contributed by atoms with E-state index in [1.54, 1.807) is 0 Å². The number of alkyl halides is 1. The van der Waals surface area contributed by atoms with Crippen molar-refractivity contribution in [2.45, 2.75) is 44.4 Å². The predicted molar refractivity (Wildman–Crippen MR) is 64.8 cm³/mol. The lowest BCUT2D eigenvalue weighted by Crippen LogP contribution is -2.49. The van der Waals surface area contributed by atoms with Gasteiger partial charge in [0.2, 0.25) is 0 Å². The lowest BCUT2D eigenvalue weighted by atomic mass is 9.56. The van der Waals surface area contributed by atoms with Gasteiger partial charge < -0.3 is 4.74 Å². The molecule has 4 atom stereocenters. The molecule has 0 N–H and O–H groups in total. The van der Waals surface area contributed by atoms with E-state index in [2.05, 4.69) is 6.92 Å². The van der Waals surface area contributed by atoms with Gasteiger partial charge in [0.25, 0.3) is 0 Å². The highest BCUT2D eigenvalue weighted by molar-refractivity contribution is 6.20. The fourth-order valence-corrected chi connectivity index (χ4v) is 3.71. The molecular weight excluding hydrogens is 240 g/mol. The van der Waals surface area contributed by atoms with Gasteiger partial charge in [-0.1, -0.05) is 6.92 Å². The number of methoxy groups -OCH3 is 1. The molecule has 2 aliphatic rings. The normalized spacial score (nSPS) is 41.8. The maximum Gasteiger partial charge on any atom is 0.316 e. The van der Waals surface area contributed by atoms with Gasteiger partial charge in [0, 0.05) is 11.8 Å². The third-order valence-electron chi connectivity index (χ3n) is 4.58. The van der Waals surface area contributed by atoms with Crippen LogP contribution in [-0.4, -0.2) is 24.2 Å². The van der Waals surface area contributed by atoms with Crippen LogP contribution in [-0.2, 0) is 14.3 Å². The number of esters is 1. The van der Waals surface area contributed by atoms with Crippen LogP contribution in [0.15, 0.2) is 0 Å². The maximum absolute atomic E-state index is 12.0. The summed E-state index contributed by atoms with van der Waals surface area (Å²) in [6, 6.07) is 0. The van der Waals surface area contributed by atoms with Gasteiger partial charge in [-0.25, -0.2) is 0 Å². The molecular formula is C13H19ClO3. The van der Waals surface area contributed by atoms with Gasteiger partial charge in [0.05, 0.1) is 7.11 Å². The van der Waals surface area contributed by atoms with Crippen LogP contribution in [0.1, 0.15) is 39.0 Å². The maximum atomic E-state index is 12.0. The standard InChI is InChI=1S/C13H19ClO3/c1-13-5-3-8(14)7-9(13)11(12(16)17-2)10(15)4-6-13/h8-9,11H,3-7H2,1-2H3/t8-,9+,11?,13-/m1/s1. The zero-order chi connectivity index (χ0) is 12.6. The van der Waals surface area contributed by atoms with E-state index in [1.165, 1.54) is 7.11 Å². The SMILES string of the molecule is COC(=O)C1C(=O)CC[C@@]2(C)CC[C@@H](Cl)C[C@@H]12. The van der Waals surface area contributed by atoms with E-state index < -0.39 is 5.92 Å². The lowest BCUT2D eigenvalue weighted by molar-refractivity contribution is -0.158. The highest BCUT2D eigenvalue weighted by atomic mass is 35.5. The summed E-state index contributed by atoms with van der Waals surface area (Å²) in [5.74, 6) is -0.866. The molecule has 96 valence electrons. The van der Waals surface area contributed by atoms with Gasteiger partial charge in [0.15, 0.2) is 0 Å². The molecule has 0 amide bonds. The number of fused-ring (bicyclic) bond motifs is 1. The summed E-state index contributed by atoms with van der Waals surface area (Å²) < 4.78 is 4.79. The molecule has 2 fully saturated rings. The van der Waals surface area contributed by atoms with Crippen molar-refractivity contribution in [3.8, 4) is 0 Å². The topological polar surface area (TPSA) is 43.4 Å². The quantitative estimate of drug-likeness (QED) is 0.412. The van der Waals surface area contributed by atoms with Crippen molar-refractivity contribution in [2.24, 2.45) is 17.3 Å². The smallest absolute Gasteiger partial charge is 0.316 e. The zero-order valence-electron chi connectivity index (χ0n) is 10.4. The minimum absolute atomic E-state index is 0.0325. The van der Waals surface area contributed by atoms with Gasteiger partial charge in [-0.3, -0.25) is 9.59 Å². The number of rotatable bonds is 1. The molecule has 0 bridgehead atoms. The third kappa shape index (κ3) is 2.22. The van der Waals surface area contributed by atoms with E-state index in [1.807, 2.05) is 0 Å². The molecule has 4 heteroatoms. The molecule has 2 rings (SSSR count). The molecule has 2 aliphatic carbocycles. The number of hydrogen-bond acceptors (Lipinski definition) is 3. The number of halogens is 1. The molecule has 0 spiro atoms. The van der Waals surface area contributed by atoms with Crippen LogP contribution in [0.4, 0.5) is 0 Å². The van der Waals surface area contributed by atoms with E-state index >= 15 is 0 Å². The molecule has 2 saturated carbocycles. The number of hydrogen-bond donors (Lipinski definition) is 0. The number of carbonyl (C=O) groups excluding carboxylic acids is 2. The Kier molecular flexibility index (Phi) is 3.48. The Morgan fingerprint density at radius 3 is 2.82 bits per heavy atom. The van der Waals surface area contributed by atoms with Gasteiger partial charge >= 0.3 is 5.97 Å². The van der Waals surface area contributed by atoms with Crippen LogP contribution in [0.3, 0.4) is 0 Å². The summed E-state index contributed by atoms with van der Waals surface area (Å²) in [6.45, 7) is 2.18. The highest BCUT2D eigenvalue weighted by Crippen LogP contribution is 2.52. The Balaban J connectivity index is 2.28. The zero-order valence-corrected chi connectivity index (χ0v) is 11.1. The van der Waals surface area contributed by atoms with Crippen LogP contribution in [0.2, 0.25) is 0 Å². The average Bonchev–Trinajstić information content (AvgIpc) is 2.31. The van der Waals surface area contributed by atoms with Crippen molar-refractivity contribution in [1.29, 1.82) is 0 Å². The second kappa shape index (κ2) is 4.60. The van der Waals surface area contributed by atoms with E-state index in [-0.39, 0.29) is 28.5 Å². The number of ether oxygens (including phenoxy) is 1. The van der Waals surface area contributed by atoms with Crippen LogP contribution >= 0.6 is 11.6 Å². The third-order valence-corrected chi connectivity index (χ3v) is 4.98. The minimum Gasteiger partial charge on any atom is -0.468 e. The Hall–Kier alpha value is -0.570. The van der Waals surface area contributed by atoms with E-state index in [0.717, 1.165) is 25.7 Å². The summed E-state index contributed by atoms with van der Waals surface area (Å²) in [4.78, 5) is 23.7. The second-order valence-electron chi connectivity index (χ2n) is 5.60. The van der Waals surface area contributed by atoms with Crippen molar-refractivity contribution in [1.82, 2.24) is 0 Å². The Labute approximate surface area is 107 Å². The fourth-order valence-electron chi connectivity index (χ4n) is 3.41. The largest absolute Gasteiger partial charge is 0.468 e. The summed E-state index contributed by atoms with van der Waals surface area (Å²) in [5, 5.41) is 0.0890. The second-order valence-corrected chi connectivity index (χ2v) is 6.22. The van der Waals surface area contributed by atoms with Crippen molar-refractivity contribution in [3.63, 3.8) is 0 Å². The van der Waals surface area contributed by atoms with E-state index in [4.69, 9.17) is 16.3 Å². The molecule has 0 aromatic carbocycles. The molecule has 0 aliphatic heterocycles.